The van der Waals surface area contributed by atoms with E-state index in [2.05, 4.69) is 28.8 Å². The molecule has 4 nitrogen and oxygen atoms in total. The number of fused-ring (bicyclic) bond motifs is 1. The highest BCUT2D eigenvalue weighted by Crippen LogP contribution is 2.25. The molecule has 1 saturated carbocycles. The van der Waals surface area contributed by atoms with Crippen molar-refractivity contribution in [2.24, 2.45) is 0 Å². The van der Waals surface area contributed by atoms with E-state index < -0.39 is 0 Å². The molecule has 0 heterocycles. The van der Waals surface area contributed by atoms with E-state index in [1.807, 2.05) is 0 Å². The molecule has 24 heavy (non-hydrogen) atoms. The van der Waals surface area contributed by atoms with Crippen LogP contribution in [0.2, 0.25) is 0 Å². The molecule has 2 amide bonds. The second-order valence-corrected chi connectivity index (χ2v) is 7.07. The molecule has 0 unspecified atom stereocenters. The van der Waals surface area contributed by atoms with Gasteiger partial charge in [0, 0.05) is 6.04 Å². The first kappa shape index (κ1) is 17.1. The Bertz CT molecular complexity index is 536. The summed E-state index contributed by atoms with van der Waals surface area (Å²) in [5.74, 6) is 0.918. The number of hydrogen-bond donors (Lipinski definition) is 2. The van der Waals surface area contributed by atoms with Crippen LogP contribution in [-0.4, -0.2) is 25.2 Å². The molecule has 0 spiro atoms. The molecule has 1 fully saturated rings. The number of urea groups is 1. The summed E-state index contributed by atoms with van der Waals surface area (Å²) in [5.41, 5.74) is 2.90. The number of nitrogens with one attached hydrogen (secondary N) is 2. The van der Waals surface area contributed by atoms with E-state index in [0.717, 1.165) is 25.0 Å². The highest BCUT2D eigenvalue weighted by atomic mass is 16.5. The monoisotopic (exact) mass is 330 g/mol. The summed E-state index contributed by atoms with van der Waals surface area (Å²) in [6, 6.07) is 6.69. The van der Waals surface area contributed by atoms with Crippen molar-refractivity contribution in [1.82, 2.24) is 10.6 Å². The zero-order valence-corrected chi connectivity index (χ0v) is 14.6. The maximum Gasteiger partial charge on any atom is 0.315 e. The van der Waals surface area contributed by atoms with Crippen molar-refractivity contribution < 1.29 is 9.53 Å². The molecule has 1 aromatic carbocycles. The van der Waals surface area contributed by atoms with Gasteiger partial charge in [-0.2, -0.15) is 0 Å². The number of carbonyl (C=O) groups excluding carboxylic acids is 1. The maximum absolute atomic E-state index is 11.9. The first-order valence-electron chi connectivity index (χ1n) is 9.60. The highest BCUT2D eigenvalue weighted by Gasteiger charge is 2.14. The van der Waals surface area contributed by atoms with Crippen LogP contribution in [0.4, 0.5) is 4.79 Å². The van der Waals surface area contributed by atoms with E-state index in [4.69, 9.17) is 4.74 Å². The minimum Gasteiger partial charge on any atom is -0.492 e. The molecule has 4 heteroatoms. The summed E-state index contributed by atoms with van der Waals surface area (Å²) in [6.07, 6.45) is 12.2. The van der Waals surface area contributed by atoms with Crippen LogP contribution in [0, 0.1) is 0 Å². The lowest BCUT2D eigenvalue weighted by Crippen LogP contribution is -2.43. The van der Waals surface area contributed by atoms with Crippen molar-refractivity contribution >= 4 is 6.03 Å². The second-order valence-electron chi connectivity index (χ2n) is 7.07. The van der Waals surface area contributed by atoms with Crippen LogP contribution in [-0.2, 0) is 12.8 Å². The summed E-state index contributed by atoms with van der Waals surface area (Å²) in [6.45, 7) is 1.05. The minimum absolute atomic E-state index is 0.0593. The molecule has 132 valence electrons. The molecule has 0 atom stereocenters. The van der Waals surface area contributed by atoms with E-state index in [1.165, 1.54) is 56.1 Å². The summed E-state index contributed by atoms with van der Waals surface area (Å²) in [5, 5.41) is 6.00. The molecule has 2 aliphatic carbocycles. The van der Waals surface area contributed by atoms with E-state index in [0.29, 0.717) is 19.2 Å². The average Bonchev–Trinajstić information content (AvgIpc) is 2.87. The molecule has 0 aromatic heterocycles. The highest BCUT2D eigenvalue weighted by molar-refractivity contribution is 5.74. The van der Waals surface area contributed by atoms with E-state index in [9.17, 15) is 4.79 Å². The number of amides is 2. The molecule has 1 aromatic rings. The summed E-state index contributed by atoms with van der Waals surface area (Å²) < 4.78 is 5.79. The number of aryl methyl sites for hydroxylation is 2. The first-order chi connectivity index (χ1) is 11.8. The largest absolute Gasteiger partial charge is 0.492 e. The summed E-state index contributed by atoms with van der Waals surface area (Å²) in [7, 11) is 0. The van der Waals surface area contributed by atoms with Gasteiger partial charge in [-0.05, 0) is 61.8 Å². The van der Waals surface area contributed by atoms with Gasteiger partial charge in [-0.3, -0.25) is 0 Å². The van der Waals surface area contributed by atoms with Crippen molar-refractivity contribution in [2.75, 3.05) is 13.2 Å². The van der Waals surface area contributed by atoms with E-state index in [-0.39, 0.29) is 6.03 Å². The van der Waals surface area contributed by atoms with Gasteiger partial charge in [0.1, 0.15) is 12.4 Å². The Balaban J connectivity index is 1.35. The SMILES string of the molecule is O=C(NCCOc1ccc2c(c1)CCCC2)NC1CCCCCC1. The van der Waals surface area contributed by atoms with Gasteiger partial charge in [-0.25, -0.2) is 4.79 Å². The second kappa shape index (κ2) is 8.95. The van der Waals surface area contributed by atoms with Crippen LogP contribution in [0.1, 0.15) is 62.5 Å². The molecule has 0 radical (unpaired) electrons. The molecular weight excluding hydrogens is 300 g/mol. The number of hydrogen-bond acceptors (Lipinski definition) is 2. The third kappa shape index (κ3) is 5.15. The van der Waals surface area contributed by atoms with Gasteiger partial charge in [0.2, 0.25) is 0 Å². The average molecular weight is 330 g/mol. The molecule has 0 aliphatic heterocycles. The summed E-state index contributed by atoms with van der Waals surface area (Å²) in [4.78, 5) is 11.9. The fourth-order valence-electron chi connectivity index (χ4n) is 3.79. The Morgan fingerprint density at radius 2 is 1.75 bits per heavy atom. The zero-order valence-electron chi connectivity index (χ0n) is 14.6. The Morgan fingerprint density at radius 3 is 2.54 bits per heavy atom. The Kier molecular flexibility index (Phi) is 6.39. The van der Waals surface area contributed by atoms with Gasteiger partial charge in [0.15, 0.2) is 0 Å². The van der Waals surface area contributed by atoms with Crippen molar-refractivity contribution in [3.05, 3.63) is 29.3 Å². The van der Waals surface area contributed by atoms with Crippen LogP contribution in [0.15, 0.2) is 18.2 Å². The standard InChI is InChI=1S/C20H30N2O2/c23-20(22-18-9-3-1-2-4-10-18)21-13-14-24-19-12-11-16-7-5-6-8-17(16)15-19/h11-12,15,18H,1-10,13-14H2,(H2,21,22,23). The topological polar surface area (TPSA) is 50.4 Å². The molecular formula is C20H30N2O2. The molecule has 0 saturated heterocycles. The van der Waals surface area contributed by atoms with Gasteiger partial charge in [0.25, 0.3) is 0 Å². The van der Waals surface area contributed by atoms with Gasteiger partial charge in [0.05, 0.1) is 6.54 Å². The summed E-state index contributed by atoms with van der Waals surface area (Å²) >= 11 is 0. The number of ether oxygens (including phenoxy) is 1. The number of rotatable bonds is 5. The predicted molar refractivity (Wildman–Crippen MR) is 96.6 cm³/mol. The van der Waals surface area contributed by atoms with Crippen LogP contribution < -0.4 is 15.4 Å². The van der Waals surface area contributed by atoms with E-state index >= 15 is 0 Å². The third-order valence-corrected chi connectivity index (χ3v) is 5.17. The van der Waals surface area contributed by atoms with Crippen LogP contribution in [0.3, 0.4) is 0 Å². The maximum atomic E-state index is 11.9. The fourth-order valence-corrected chi connectivity index (χ4v) is 3.79. The first-order valence-corrected chi connectivity index (χ1v) is 9.60. The van der Waals surface area contributed by atoms with Gasteiger partial charge < -0.3 is 15.4 Å². The van der Waals surface area contributed by atoms with Gasteiger partial charge >= 0.3 is 6.03 Å². The number of carbonyl (C=O) groups is 1. The minimum atomic E-state index is -0.0593. The Hall–Kier alpha value is -1.71. The molecule has 3 rings (SSSR count). The van der Waals surface area contributed by atoms with E-state index in [1.54, 1.807) is 0 Å². The number of benzene rings is 1. The lowest BCUT2D eigenvalue weighted by atomic mass is 9.92. The van der Waals surface area contributed by atoms with Crippen LogP contribution >= 0.6 is 0 Å². The van der Waals surface area contributed by atoms with Crippen LogP contribution in [0.25, 0.3) is 0 Å². The van der Waals surface area contributed by atoms with Crippen LogP contribution in [0.5, 0.6) is 5.75 Å². The smallest absolute Gasteiger partial charge is 0.315 e. The Labute approximate surface area is 145 Å². The Morgan fingerprint density at radius 1 is 1.00 bits per heavy atom. The third-order valence-electron chi connectivity index (χ3n) is 5.17. The lowest BCUT2D eigenvalue weighted by molar-refractivity contribution is 0.231. The quantitative estimate of drug-likeness (QED) is 0.634. The van der Waals surface area contributed by atoms with Gasteiger partial charge in [-0.15, -0.1) is 0 Å². The van der Waals surface area contributed by atoms with Gasteiger partial charge in [-0.1, -0.05) is 31.7 Å². The molecule has 2 N–H and O–H groups in total. The predicted octanol–water partition coefficient (Wildman–Crippen LogP) is 3.97. The van der Waals surface area contributed by atoms with Crippen molar-refractivity contribution in [1.29, 1.82) is 0 Å². The van der Waals surface area contributed by atoms with Crippen molar-refractivity contribution in [3.8, 4) is 5.75 Å². The lowest BCUT2D eigenvalue weighted by Gasteiger charge is -2.18. The fraction of sp³-hybridized carbons (Fsp3) is 0.650. The normalized spacial score (nSPS) is 18.3. The molecule has 0 bridgehead atoms. The van der Waals surface area contributed by atoms with Crippen molar-refractivity contribution in [2.45, 2.75) is 70.3 Å². The molecule has 2 aliphatic rings. The zero-order chi connectivity index (χ0) is 16.6. The van der Waals surface area contributed by atoms with Crippen molar-refractivity contribution in [3.63, 3.8) is 0 Å².